The zero-order valence-corrected chi connectivity index (χ0v) is 85.0. The maximum atomic E-state index is 8.13. The summed E-state index contributed by atoms with van der Waals surface area (Å²) in [6.07, 6.45) is 9.68. The van der Waals surface area contributed by atoms with Crippen molar-refractivity contribution in [3.8, 4) is 135 Å². The van der Waals surface area contributed by atoms with Gasteiger partial charge in [-0.25, -0.2) is 0 Å². The van der Waals surface area contributed by atoms with Gasteiger partial charge in [-0.05, 0) is 168 Å². The molecule has 12 aromatic carbocycles. The molecule has 2 atom stereocenters. The zero-order chi connectivity index (χ0) is 98.4. The van der Waals surface area contributed by atoms with Gasteiger partial charge in [0.1, 0.15) is 0 Å². The fourth-order valence-electron chi connectivity index (χ4n) is 13.9. The molecule has 0 aliphatic heterocycles. The Hall–Kier alpha value is -15.1. The molecule has 2 unspecified atom stereocenters. The van der Waals surface area contributed by atoms with E-state index in [0.29, 0.717) is 5.69 Å². The number of pyridine rings is 9. The first-order chi connectivity index (χ1) is 69.0. The minimum Gasteiger partial charge on any atom is -0.305 e. The molecule has 21 rings (SSSR count). The van der Waals surface area contributed by atoms with Crippen LogP contribution in [-0.4, -0.2) is 44.9 Å². The second kappa shape index (κ2) is 59.1. The van der Waals surface area contributed by atoms with Crippen molar-refractivity contribution < 1.29 is 67.2 Å². The van der Waals surface area contributed by atoms with E-state index in [9.17, 15) is 0 Å². The summed E-state index contributed by atoms with van der Waals surface area (Å²) in [6, 6.07) is 170. The predicted molar refractivity (Wildman–Crippen MR) is 560 cm³/mol. The van der Waals surface area contributed by atoms with Crippen molar-refractivity contribution in [1.29, 1.82) is 0 Å². The van der Waals surface area contributed by atoms with Gasteiger partial charge in [-0.2, -0.15) is 0 Å². The summed E-state index contributed by atoms with van der Waals surface area (Å²) in [5.41, 5.74) is 30.4. The fourth-order valence-corrected chi connectivity index (χ4v) is 13.9. The van der Waals surface area contributed by atoms with E-state index < -0.39 is 6.85 Å². The van der Waals surface area contributed by atoms with Gasteiger partial charge in [-0.3, -0.25) is 0 Å². The zero-order valence-electron chi connectivity index (χ0n) is 82.8. The first-order valence-corrected chi connectivity index (χ1v) is 44.8. The Kier molecular flexibility index (Phi) is 41.8. The summed E-state index contributed by atoms with van der Waals surface area (Å²) in [5.74, 6) is 0. The summed E-state index contributed by atoms with van der Waals surface area (Å²) in [5, 5.41) is 0. The van der Waals surface area contributed by atoms with Crippen LogP contribution in [0, 0.1) is 82.2 Å². The van der Waals surface area contributed by atoms with Gasteiger partial charge in [0.2, 0.25) is 0 Å². The molecule has 9 heterocycles. The molecule has 139 heavy (non-hydrogen) atoms. The van der Waals surface area contributed by atoms with Crippen LogP contribution in [0.25, 0.3) is 135 Å². The van der Waals surface area contributed by atoms with Crippen LogP contribution in [0.5, 0.6) is 0 Å². The van der Waals surface area contributed by atoms with Crippen molar-refractivity contribution in [2.24, 2.45) is 0 Å². The number of benzene rings is 12. The molecule has 0 aliphatic carbocycles. The maximum absolute atomic E-state index is 8.13. The smallest absolute Gasteiger partial charge is 0.305 e. The van der Waals surface area contributed by atoms with Crippen LogP contribution >= 0.6 is 0 Å². The van der Waals surface area contributed by atoms with Gasteiger partial charge in [0.05, 0.1) is 0 Å². The standard InChI is InChI=1S/3C19H16N.4C12H10N.2C11H8N.3Ir/c3*1-2-15-13-19(17-11-7-4-8-12-17)20-14-18(15)16-9-5-3-6-10-16;4*1-10-6-5-9-12(13-10)11-7-3-2-4-8-11;2*1-2-6-10(7-3-1)11-8-4-5-9-12-11;;;/h3*3-11,13-14H,2H2,1H3;4*2-7,9H,1H3;2*1-6,8-9H;;;/q9*-1;3*+3/i2*2D;;1D3;;;;;;;;. The second-order valence-corrected chi connectivity index (χ2v) is 30.4. The van der Waals surface area contributed by atoms with Crippen LogP contribution in [-0.2, 0) is 79.5 Å². The number of aryl methyl sites for hydroxylation is 7. The molecule has 0 radical (unpaired) electrons. The number of nitrogens with zero attached hydrogens (tertiary/aromatic N) is 9. The Bertz CT molecular complexity index is 6760. The molecule has 0 aliphatic rings. The molecule has 0 amide bonds. The molecule has 21 aromatic rings. The SMILES string of the molecule is CCc1cc(-c2[c-]cccc2)ncc1-c1ccccc1.Cc1cccc(-c2[c-]cccc2)n1.Cc1cccc(-c2[c-]cccc2)n1.Cc1cccc(-c2[c-]cccc2)n1.[2H]C(C)c1cc(-c2[c-]cccc2)ncc1-c1ccccc1.[2H]C(C)c1cc(-c2[c-]cccc2)ncc1-c1ccccc1.[2H]C([2H])([2H])c1cccc(-c2[c-]cccc2)n1.[Ir+3].[Ir+3].[Ir+3].[c-]1ccccc1-c1ccccn1.[c-]1ccccc1-c1ccccn1. The molecule has 9 nitrogen and oxygen atoms in total. The average molecular weight is 2340 g/mol. The van der Waals surface area contributed by atoms with Crippen molar-refractivity contribution in [2.75, 3.05) is 0 Å². The van der Waals surface area contributed by atoms with Crippen LogP contribution < -0.4 is 0 Å². The normalized spacial score (nSPS) is 11.0. The van der Waals surface area contributed by atoms with Crippen LogP contribution in [0.2, 0.25) is 0 Å². The molecular formula is C127H104Ir3N9. The molecule has 9 aromatic heterocycles. The first-order valence-electron chi connectivity index (χ1n) is 47.5. The van der Waals surface area contributed by atoms with Crippen molar-refractivity contribution in [1.82, 2.24) is 44.9 Å². The summed E-state index contributed by atoms with van der Waals surface area (Å²) >= 11 is 0. The Balaban J connectivity index is 0.000000167. The number of hydrogen-bond donors (Lipinski definition) is 0. The van der Waals surface area contributed by atoms with E-state index >= 15 is 0 Å². The van der Waals surface area contributed by atoms with Gasteiger partial charge in [-0.15, -0.1) is 323 Å². The third kappa shape index (κ3) is 34.0. The fraction of sp³-hybridized carbons (Fsp3) is 0.0787. The molecule has 0 saturated heterocycles. The molecule has 0 spiro atoms. The van der Waals surface area contributed by atoms with Gasteiger partial charge in [-0.1, -0.05) is 203 Å². The van der Waals surface area contributed by atoms with E-state index in [2.05, 4.69) is 161 Å². The summed E-state index contributed by atoms with van der Waals surface area (Å²) in [6.45, 7) is 9.77. The topological polar surface area (TPSA) is 116 Å². The van der Waals surface area contributed by atoms with E-state index in [1.165, 1.54) is 22.8 Å². The number of aromatic nitrogens is 9. The molecule has 0 bridgehead atoms. The van der Waals surface area contributed by atoms with E-state index in [-0.39, 0.29) is 78.8 Å². The van der Waals surface area contributed by atoms with Crippen molar-refractivity contribution in [3.63, 3.8) is 0 Å². The molecule has 0 N–H and O–H groups in total. The quantitative estimate of drug-likeness (QED) is 0.0925. The first kappa shape index (κ1) is 98.4. The molecular weight excluding hydrogens is 2230 g/mol. The van der Waals surface area contributed by atoms with Crippen molar-refractivity contribution in [2.45, 2.75) is 67.6 Å². The second-order valence-electron chi connectivity index (χ2n) is 30.4. The van der Waals surface area contributed by atoms with Crippen molar-refractivity contribution >= 4 is 0 Å². The molecule has 12 heteroatoms. The largest absolute Gasteiger partial charge is 3.00 e. The summed E-state index contributed by atoms with van der Waals surface area (Å²) < 4.78 is 38.1. The van der Waals surface area contributed by atoms with E-state index in [4.69, 9.17) is 6.85 Å². The van der Waals surface area contributed by atoms with Crippen LogP contribution in [0.1, 0.15) is 67.1 Å². The minimum absolute atomic E-state index is 0. The Morgan fingerprint density at radius 2 is 0.432 bits per heavy atom. The summed E-state index contributed by atoms with van der Waals surface area (Å²) in [4.78, 5) is 39.5. The van der Waals surface area contributed by atoms with E-state index in [0.717, 1.165) is 153 Å². The van der Waals surface area contributed by atoms with E-state index in [1.807, 2.05) is 411 Å². The predicted octanol–water partition coefficient (Wildman–Crippen LogP) is 30.9. The van der Waals surface area contributed by atoms with Crippen LogP contribution in [0.15, 0.2) is 468 Å². The number of rotatable bonds is 15. The molecule has 684 valence electrons. The van der Waals surface area contributed by atoms with Gasteiger partial charge >= 0.3 is 60.3 Å². The third-order valence-corrected chi connectivity index (χ3v) is 20.7. The third-order valence-electron chi connectivity index (χ3n) is 20.7. The minimum atomic E-state index is -2.16. The summed E-state index contributed by atoms with van der Waals surface area (Å²) in [7, 11) is 0. The van der Waals surface area contributed by atoms with Gasteiger partial charge in [0.15, 0.2) is 0 Å². The Labute approximate surface area is 869 Å². The maximum Gasteiger partial charge on any atom is 3.00 e. The van der Waals surface area contributed by atoms with E-state index in [1.54, 1.807) is 30.6 Å². The van der Waals surface area contributed by atoms with Gasteiger partial charge in [0, 0.05) is 77.3 Å². The molecule has 0 fully saturated rings. The Morgan fingerprint density at radius 3 is 0.655 bits per heavy atom. The monoisotopic (exact) mass is 2340 g/mol. The number of hydrogen-bond acceptors (Lipinski definition) is 9. The van der Waals surface area contributed by atoms with Crippen molar-refractivity contribution in [3.05, 3.63) is 562 Å². The van der Waals surface area contributed by atoms with Gasteiger partial charge in [0.25, 0.3) is 0 Å². The van der Waals surface area contributed by atoms with Gasteiger partial charge < -0.3 is 44.9 Å². The molecule has 0 saturated carbocycles. The van der Waals surface area contributed by atoms with Crippen LogP contribution in [0.3, 0.4) is 0 Å². The van der Waals surface area contributed by atoms with Crippen LogP contribution in [0.4, 0.5) is 0 Å². The Morgan fingerprint density at radius 1 is 0.216 bits per heavy atom. The average Bonchev–Trinajstić information content (AvgIpc) is 0.802.